The molecule has 0 atom stereocenters. The Kier molecular flexibility index (Phi) is 6.71. The van der Waals surface area contributed by atoms with E-state index in [1.165, 1.54) is 16.7 Å². The van der Waals surface area contributed by atoms with E-state index < -0.39 is 0 Å². The fourth-order valence-corrected chi connectivity index (χ4v) is 4.52. The smallest absolute Gasteiger partial charge is 0.266 e. The molecule has 1 amide bonds. The predicted octanol–water partition coefficient (Wildman–Crippen LogP) is 5.30. The highest BCUT2D eigenvalue weighted by molar-refractivity contribution is 8.18. The number of nitrogens with zero attached hydrogens (tertiary/aromatic N) is 4. The van der Waals surface area contributed by atoms with Gasteiger partial charge in [0.2, 0.25) is 0 Å². The molecule has 30 heavy (non-hydrogen) atoms. The first-order valence-electron chi connectivity index (χ1n) is 9.68. The molecule has 2 heterocycles. The molecule has 3 aromatic rings. The lowest BCUT2D eigenvalue weighted by Gasteiger charge is -2.15. The maximum atomic E-state index is 13.2. The van der Waals surface area contributed by atoms with Crippen LogP contribution in [0.5, 0.6) is 0 Å². The number of carbonyl (C=O) groups is 1. The highest BCUT2D eigenvalue weighted by atomic mass is 32.2. The van der Waals surface area contributed by atoms with Gasteiger partial charge >= 0.3 is 0 Å². The number of hydrogen-bond donors (Lipinski definition) is 0. The lowest BCUT2D eigenvalue weighted by atomic mass is 10.2. The Morgan fingerprint density at radius 1 is 1.10 bits per heavy atom. The second kappa shape index (κ2) is 9.82. The van der Waals surface area contributed by atoms with Gasteiger partial charge in [-0.1, -0.05) is 30.3 Å². The molecule has 1 fully saturated rings. The zero-order valence-corrected chi connectivity index (χ0v) is 18.3. The number of benzene rings is 2. The van der Waals surface area contributed by atoms with E-state index in [1.807, 2.05) is 59.3 Å². The first-order chi connectivity index (χ1) is 14.7. The molecule has 0 N–H and O–H groups in total. The standard InChI is InChI=1S/C23H22N4OS2/c1-29-20-10-8-18(9-11-20)16-21-22(28)27(14-5-13-26-15-12-24-17-26)23(30-21)25-19-6-3-2-4-7-19/h2-4,6-12,15-17H,5,13-14H2,1H3. The Morgan fingerprint density at radius 3 is 2.60 bits per heavy atom. The van der Waals surface area contributed by atoms with E-state index in [-0.39, 0.29) is 5.91 Å². The molecule has 4 rings (SSSR count). The topological polar surface area (TPSA) is 50.5 Å². The van der Waals surface area contributed by atoms with Gasteiger partial charge in [-0.25, -0.2) is 9.98 Å². The number of aromatic nitrogens is 2. The van der Waals surface area contributed by atoms with E-state index in [1.54, 1.807) is 29.2 Å². The normalized spacial score (nSPS) is 16.7. The van der Waals surface area contributed by atoms with E-state index in [9.17, 15) is 4.79 Å². The third kappa shape index (κ3) is 5.04. The zero-order chi connectivity index (χ0) is 20.8. The summed E-state index contributed by atoms with van der Waals surface area (Å²) in [5.74, 6) is 0.00857. The molecule has 152 valence electrons. The SMILES string of the molecule is CSc1ccc(C=C2SC(=Nc3ccccc3)N(CCCn3ccnc3)C2=O)cc1. The minimum atomic E-state index is 0.00857. The summed E-state index contributed by atoms with van der Waals surface area (Å²) in [6, 6.07) is 18.0. The van der Waals surface area contributed by atoms with Crippen molar-refractivity contribution in [3.05, 3.63) is 83.8 Å². The molecule has 0 aliphatic carbocycles. The van der Waals surface area contributed by atoms with Crippen molar-refractivity contribution >= 4 is 46.4 Å². The van der Waals surface area contributed by atoms with Gasteiger partial charge in [0, 0.05) is 30.4 Å². The van der Waals surface area contributed by atoms with Gasteiger partial charge in [-0.05, 0) is 60.3 Å². The number of carbonyl (C=O) groups excluding carboxylic acids is 1. The lowest BCUT2D eigenvalue weighted by Crippen LogP contribution is -2.30. The fourth-order valence-electron chi connectivity index (χ4n) is 3.08. The van der Waals surface area contributed by atoms with E-state index in [0.29, 0.717) is 11.4 Å². The zero-order valence-electron chi connectivity index (χ0n) is 16.6. The highest BCUT2D eigenvalue weighted by Gasteiger charge is 2.33. The van der Waals surface area contributed by atoms with Gasteiger partial charge in [0.05, 0.1) is 16.9 Å². The highest BCUT2D eigenvalue weighted by Crippen LogP contribution is 2.34. The molecule has 0 saturated carbocycles. The van der Waals surface area contributed by atoms with Crippen LogP contribution in [-0.2, 0) is 11.3 Å². The molecular formula is C23H22N4OS2. The monoisotopic (exact) mass is 434 g/mol. The summed E-state index contributed by atoms with van der Waals surface area (Å²) in [5.41, 5.74) is 1.86. The summed E-state index contributed by atoms with van der Waals surface area (Å²) >= 11 is 3.14. The van der Waals surface area contributed by atoms with E-state index in [0.717, 1.165) is 29.4 Å². The van der Waals surface area contributed by atoms with Crippen molar-refractivity contribution in [3.63, 3.8) is 0 Å². The van der Waals surface area contributed by atoms with Crippen LogP contribution in [0.15, 0.2) is 88.1 Å². The predicted molar refractivity (Wildman–Crippen MR) is 126 cm³/mol. The maximum absolute atomic E-state index is 13.2. The number of rotatable bonds is 7. The number of thioether (sulfide) groups is 2. The fraction of sp³-hybridized carbons (Fsp3) is 0.174. The average Bonchev–Trinajstić information content (AvgIpc) is 3.39. The van der Waals surface area contributed by atoms with Crippen molar-refractivity contribution in [1.82, 2.24) is 14.5 Å². The molecule has 0 spiro atoms. The Labute approximate surface area is 184 Å². The number of aryl methyl sites for hydroxylation is 1. The Hall–Kier alpha value is -2.77. The largest absolute Gasteiger partial charge is 0.337 e. The van der Waals surface area contributed by atoms with Gasteiger partial charge in [-0.15, -0.1) is 11.8 Å². The van der Waals surface area contributed by atoms with Crippen LogP contribution >= 0.6 is 23.5 Å². The van der Waals surface area contributed by atoms with Crippen LogP contribution in [-0.4, -0.2) is 38.3 Å². The summed E-state index contributed by atoms with van der Waals surface area (Å²) in [6.45, 7) is 1.42. The van der Waals surface area contributed by atoms with E-state index in [2.05, 4.69) is 23.4 Å². The van der Waals surface area contributed by atoms with Crippen molar-refractivity contribution in [2.24, 2.45) is 4.99 Å². The van der Waals surface area contributed by atoms with Gasteiger partial charge < -0.3 is 4.57 Å². The first kappa shape index (κ1) is 20.5. The lowest BCUT2D eigenvalue weighted by molar-refractivity contribution is -0.122. The molecule has 1 saturated heterocycles. The van der Waals surface area contributed by atoms with Gasteiger partial charge in [0.25, 0.3) is 5.91 Å². The second-order valence-corrected chi connectivity index (χ2v) is 8.61. The Bertz CT molecular complexity index is 1040. The van der Waals surface area contributed by atoms with Crippen molar-refractivity contribution in [2.45, 2.75) is 17.9 Å². The first-order valence-corrected chi connectivity index (χ1v) is 11.7. The maximum Gasteiger partial charge on any atom is 0.266 e. The Balaban J connectivity index is 1.56. The summed E-state index contributed by atoms with van der Waals surface area (Å²) in [5, 5.41) is 0.726. The van der Waals surface area contributed by atoms with Crippen molar-refractivity contribution < 1.29 is 4.79 Å². The van der Waals surface area contributed by atoms with Gasteiger partial charge in [-0.3, -0.25) is 9.69 Å². The van der Waals surface area contributed by atoms with Crippen molar-refractivity contribution in [2.75, 3.05) is 12.8 Å². The van der Waals surface area contributed by atoms with Crippen LogP contribution in [0.1, 0.15) is 12.0 Å². The number of aliphatic imine (C=N–C) groups is 1. The number of amidine groups is 1. The molecule has 1 aliphatic heterocycles. The van der Waals surface area contributed by atoms with E-state index >= 15 is 0 Å². The number of amides is 1. The number of imidazole rings is 1. The van der Waals surface area contributed by atoms with Crippen LogP contribution in [0, 0.1) is 0 Å². The number of hydrogen-bond acceptors (Lipinski definition) is 5. The molecule has 7 heteroatoms. The number of para-hydroxylation sites is 1. The summed E-state index contributed by atoms with van der Waals surface area (Å²) in [6.07, 6.45) is 10.3. The quantitative estimate of drug-likeness (QED) is 0.374. The van der Waals surface area contributed by atoms with Gasteiger partial charge in [0.1, 0.15) is 0 Å². The summed E-state index contributed by atoms with van der Waals surface area (Å²) in [4.78, 5) is 25.7. The van der Waals surface area contributed by atoms with Crippen LogP contribution in [0.2, 0.25) is 0 Å². The summed E-state index contributed by atoms with van der Waals surface area (Å²) < 4.78 is 2.02. The molecule has 1 aromatic heterocycles. The third-order valence-corrected chi connectivity index (χ3v) is 6.39. The van der Waals surface area contributed by atoms with Crippen LogP contribution in [0.3, 0.4) is 0 Å². The summed E-state index contributed by atoms with van der Waals surface area (Å²) in [7, 11) is 0. The molecule has 5 nitrogen and oxygen atoms in total. The molecule has 2 aromatic carbocycles. The molecule has 0 radical (unpaired) electrons. The van der Waals surface area contributed by atoms with Gasteiger partial charge in [-0.2, -0.15) is 0 Å². The van der Waals surface area contributed by atoms with Crippen molar-refractivity contribution in [3.8, 4) is 0 Å². The van der Waals surface area contributed by atoms with Crippen LogP contribution in [0.4, 0.5) is 5.69 Å². The average molecular weight is 435 g/mol. The van der Waals surface area contributed by atoms with Crippen molar-refractivity contribution in [1.29, 1.82) is 0 Å². The molecular weight excluding hydrogens is 412 g/mol. The third-order valence-electron chi connectivity index (χ3n) is 4.64. The molecule has 0 bridgehead atoms. The minimum Gasteiger partial charge on any atom is -0.337 e. The second-order valence-electron chi connectivity index (χ2n) is 6.72. The van der Waals surface area contributed by atoms with Crippen LogP contribution in [0.25, 0.3) is 6.08 Å². The Morgan fingerprint density at radius 2 is 1.90 bits per heavy atom. The minimum absolute atomic E-state index is 0.00857. The molecule has 0 unspecified atom stereocenters. The van der Waals surface area contributed by atoms with Crippen LogP contribution < -0.4 is 0 Å². The van der Waals surface area contributed by atoms with E-state index in [4.69, 9.17) is 4.99 Å². The van der Waals surface area contributed by atoms with Gasteiger partial charge in [0.15, 0.2) is 5.17 Å². The molecule has 1 aliphatic rings.